The van der Waals surface area contributed by atoms with Crippen LogP contribution in [-0.2, 0) is 12.7 Å². The molecule has 0 aliphatic heterocycles. The molecule has 0 radical (unpaired) electrons. The Labute approximate surface area is 179 Å². The van der Waals surface area contributed by atoms with E-state index in [1.54, 1.807) is 24.3 Å². The number of hydrogen-bond donors (Lipinski definition) is 2. The van der Waals surface area contributed by atoms with Crippen molar-refractivity contribution >= 4 is 34.6 Å². The highest BCUT2D eigenvalue weighted by molar-refractivity contribution is 6.31. The third-order valence-electron chi connectivity index (χ3n) is 4.16. The topological polar surface area (TPSA) is 102 Å². The second kappa shape index (κ2) is 9.04. The van der Waals surface area contributed by atoms with E-state index in [4.69, 9.17) is 16.3 Å². The number of halogens is 4. The zero-order valence-corrected chi connectivity index (χ0v) is 16.7. The summed E-state index contributed by atoms with van der Waals surface area (Å²) in [7, 11) is 1.53. The van der Waals surface area contributed by atoms with Crippen molar-refractivity contribution in [3.8, 4) is 5.75 Å². The summed E-state index contributed by atoms with van der Waals surface area (Å²) in [5, 5.41) is 16.5. The molecule has 0 spiro atoms. The Hall–Kier alpha value is -3.60. The van der Waals surface area contributed by atoms with Gasteiger partial charge in [-0.15, -0.1) is 0 Å². The van der Waals surface area contributed by atoms with Crippen LogP contribution in [0.25, 0.3) is 0 Å². The first-order valence-electron chi connectivity index (χ1n) is 8.69. The van der Waals surface area contributed by atoms with E-state index >= 15 is 0 Å². The molecule has 1 aromatic heterocycles. The third-order valence-corrected chi connectivity index (χ3v) is 4.49. The van der Waals surface area contributed by atoms with Crippen molar-refractivity contribution in [2.45, 2.75) is 12.7 Å². The number of ether oxygens (including phenoxy) is 1. The Kier molecular flexibility index (Phi) is 6.44. The second-order valence-electron chi connectivity index (χ2n) is 6.20. The first-order chi connectivity index (χ1) is 14.7. The average molecular weight is 454 g/mol. The van der Waals surface area contributed by atoms with Gasteiger partial charge in [-0.3, -0.25) is 10.1 Å². The van der Waals surface area contributed by atoms with Crippen LogP contribution >= 0.6 is 11.6 Å². The van der Waals surface area contributed by atoms with Gasteiger partial charge in [0.2, 0.25) is 11.6 Å². The van der Waals surface area contributed by atoms with Gasteiger partial charge in [0.25, 0.3) is 0 Å². The number of alkyl halides is 3. The lowest BCUT2D eigenvalue weighted by molar-refractivity contribution is -0.383. The van der Waals surface area contributed by atoms with Gasteiger partial charge in [-0.05, 0) is 35.9 Å². The number of rotatable bonds is 7. The molecule has 0 unspecified atom stereocenters. The normalized spacial score (nSPS) is 11.1. The monoisotopic (exact) mass is 453 g/mol. The molecule has 0 saturated heterocycles. The van der Waals surface area contributed by atoms with E-state index < -0.39 is 27.4 Å². The molecule has 0 saturated carbocycles. The van der Waals surface area contributed by atoms with E-state index in [0.717, 1.165) is 24.0 Å². The molecule has 0 aliphatic carbocycles. The van der Waals surface area contributed by atoms with E-state index in [-0.39, 0.29) is 23.9 Å². The van der Waals surface area contributed by atoms with E-state index in [1.165, 1.54) is 13.2 Å². The average Bonchev–Trinajstić information content (AvgIpc) is 2.73. The fourth-order valence-corrected chi connectivity index (χ4v) is 2.88. The predicted molar refractivity (Wildman–Crippen MR) is 109 cm³/mol. The number of benzene rings is 2. The Morgan fingerprint density at radius 3 is 2.42 bits per heavy atom. The lowest BCUT2D eigenvalue weighted by atomic mass is 10.2. The van der Waals surface area contributed by atoms with Gasteiger partial charge in [0.1, 0.15) is 12.1 Å². The number of nitro groups is 1. The molecular weight excluding hydrogens is 439 g/mol. The van der Waals surface area contributed by atoms with E-state index in [9.17, 15) is 23.3 Å². The largest absolute Gasteiger partial charge is 0.497 e. The number of anilines is 3. The SMILES string of the molecule is COc1ccc(CNc2ncnc(Nc3ccc(Cl)c(C(F)(F)F)c3)c2[N+](=O)[O-])cc1. The molecule has 2 aromatic carbocycles. The van der Waals surface area contributed by atoms with Crippen LogP contribution in [-0.4, -0.2) is 22.0 Å². The van der Waals surface area contributed by atoms with Gasteiger partial charge in [-0.25, -0.2) is 9.97 Å². The van der Waals surface area contributed by atoms with Gasteiger partial charge in [0, 0.05) is 12.2 Å². The Morgan fingerprint density at radius 2 is 1.81 bits per heavy atom. The molecular formula is C19H15ClF3N5O3. The lowest BCUT2D eigenvalue weighted by Gasteiger charge is -2.13. The quantitative estimate of drug-likeness (QED) is 0.363. The highest BCUT2D eigenvalue weighted by Gasteiger charge is 2.33. The van der Waals surface area contributed by atoms with E-state index in [0.29, 0.717) is 5.75 Å². The summed E-state index contributed by atoms with van der Waals surface area (Å²) in [5.74, 6) is 0.292. The molecule has 2 N–H and O–H groups in total. The van der Waals surface area contributed by atoms with Crippen LogP contribution in [0.1, 0.15) is 11.1 Å². The Balaban J connectivity index is 1.87. The minimum absolute atomic E-state index is 0.0698. The van der Waals surface area contributed by atoms with E-state index in [1.807, 2.05) is 0 Å². The van der Waals surface area contributed by atoms with Crippen molar-refractivity contribution in [2.24, 2.45) is 0 Å². The fourth-order valence-electron chi connectivity index (χ4n) is 2.66. The van der Waals surface area contributed by atoms with Gasteiger partial charge < -0.3 is 15.4 Å². The molecule has 1 heterocycles. The van der Waals surface area contributed by atoms with Gasteiger partial charge in [-0.2, -0.15) is 13.2 Å². The maximum atomic E-state index is 13.1. The summed E-state index contributed by atoms with van der Waals surface area (Å²) >= 11 is 5.61. The number of nitrogens with zero attached hydrogens (tertiary/aromatic N) is 3. The van der Waals surface area contributed by atoms with Gasteiger partial charge in [0.05, 0.1) is 22.6 Å². The van der Waals surface area contributed by atoms with Crippen LogP contribution in [0.4, 0.5) is 36.2 Å². The number of hydrogen-bond acceptors (Lipinski definition) is 7. The molecule has 0 fully saturated rings. The van der Waals surface area contributed by atoms with Crippen molar-refractivity contribution in [1.82, 2.24) is 9.97 Å². The maximum Gasteiger partial charge on any atom is 0.417 e. The second-order valence-corrected chi connectivity index (χ2v) is 6.60. The third kappa shape index (κ3) is 5.31. The molecule has 0 aliphatic rings. The first-order valence-corrected chi connectivity index (χ1v) is 9.07. The van der Waals surface area contributed by atoms with Crippen LogP contribution in [0.2, 0.25) is 5.02 Å². The number of methoxy groups -OCH3 is 1. The summed E-state index contributed by atoms with van der Waals surface area (Å²) in [6.45, 7) is 0.209. The number of aromatic nitrogens is 2. The molecule has 31 heavy (non-hydrogen) atoms. The van der Waals surface area contributed by atoms with Gasteiger partial charge in [-0.1, -0.05) is 23.7 Å². The fraction of sp³-hybridized carbons (Fsp3) is 0.158. The van der Waals surface area contributed by atoms with Crippen LogP contribution in [0.5, 0.6) is 5.75 Å². The van der Waals surface area contributed by atoms with Crippen molar-refractivity contribution in [2.75, 3.05) is 17.7 Å². The van der Waals surface area contributed by atoms with Gasteiger partial charge in [0.15, 0.2) is 0 Å². The van der Waals surface area contributed by atoms with Crippen LogP contribution in [0.3, 0.4) is 0 Å². The summed E-state index contributed by atoms with van der Waals surface area (Å²) < 4.78 is 44.3. The number of nitrogens with one attached hydrogen (secondary N) is 2. The standard InChI is InChI=1S/C19H15ClF3N5O3/c1-31-13-5-2-11(3-6-13)9-24-17-16(28(29)30)18(26-10-25-17)27-12-4-7-15(20)14(8-12)19(21,22)23/h2-8,10H,9H2,1H3,(H2,24,25,26,27). The molecule has 0 atom stereocenters. The molecule has 0 amide bonds. The van der Waals surface area contributed by atoms with Crippen LogP contribution in [0, 0.1) is 10.1 Å². The molecule has 8 nitrogen and oxygen atoms in total. The van der Waals surface area contributed by atoms with Crippen molar-refractivity contribution in [3.05, 3.63) is 75.1 Å². The minimum Gasteiger partial charge on any atom is -0.497 e. The minimum atomic E-state index is -4.68. The molecule has 0 bridgehead atoms. The predicted octanol–water partition coefficient (Wildman–Crippen LogP) is 5.42. The summed E-state index contributed by atoms with van der Waals surface area (Å²) in [6.07, 6.45) is -3.62. The highest BCUT2D eigenvalue weighted by atomic mass is 35.5. The molecule has 12 heteroatoms. The molecule has 162 valence electrons. The Morgan fingerprint density at radius 1 is 1.13 bits per heavy atom. The summed E-state index contributed by atoms with van der Waals surface area (Å²) in [6, 6.07) is 10.1. The highest BCUT2D eigenvalue weighted by Crippen LogP contribution is 2.38. The first kappa shape index (κ1) is 22.1. The van der Waals surface area contributed by atoms with Crippen LogP contribution in [0.15, 0.2) is 48.8 Å². The van der Waals surface area contributed by atoms with Crippen molar-refractivity contribution in [1.29, 1.82) is 0 Å². The summed E-state index contributed by atoms with van der Waals surface area (Å²) in [4.78, 5) is 18.6. The van der Waals surface area contributed by atoms with Gasteiger partial charge >= 0.3 is 11.9 Å². The zero-order chi connectivity index (χ0) is 22.6. The maximum absolute atomic E-state index is 13.1. The van der Waals surface area contributed by atoms with E-state index in [2.05, 4.69) is 20.6 Å². The lowest BCUT2D eigenvalue weighted by Crippen LogP contribution is -2.09. The zero-order valence-electron chi connectivity index (χ0n) is 15.9. The van der Waals surface area contributed by atoms with Crippen molar-refractivity contribution in [3.63, 3.8) is 0 Å². The molecule has 3 rings (SSSR count). The Bertz CT molecular complexity index is 1090. The van der Waals surface area contributed by atoms with Crippen molar-refractivity contribution < 1.29 is 22.8 Å². The van der Waals surface area contributed by atoms with Crippen LogP contribution < -0.4 is 15.4 Å². The molecule has 3 aromatic rings. The smallest absolute Gasteiger partial charge is 0.417 e. The summed E-state index contributed by atoms with van der Waals surface area (Å²) in [5.41, 5.74) is -0.858.